The molecule has 0 heterocycles. The Bertz CT molecular complexity index is 354. The minimum atomic E-state index is -0.195. The van der Waals surface area contributed by atoms with Gasteiger partial charge in [-0.3, -0.25) is 11.3 Å². The Morgan fingerprint density at radius 1 is 1.22 bits per heavy atom. The van der Waals surface area contributed by atoms with Crippen molar-refractivity contribution in [2.24, 2.45) is 17.2 Å². The third kappa shape index (κ3) is 4.75. The average Bonchev–Trinajstić information content (AvgIpc) is 2.29. The van der Waals surface area contributed by atoms with E-state index in [1.807, 2.05) is 12.1 Å². The van der Waals surface area contributed by atoms with E-state index in [9.17, 15) is 4.39 Å². The first-order valence-electron chi connectivity index (χ1n) is 6.53. The van der Waals surface area contributed by atoms with Crippen molar-refractivity contribution in [1.82, 2.24) is 5.43 Å². The van der Waals surface area contributed by atoms with Crippen molar-refractivity contribution < 1.29 is 4.39 Å². The van der Waals surface area contributed by atoms with Crippen LogP contribution in [0.4, 0.5) is 4.39 Å². The molecule has 2 atom stereocenters. The molecule has 0 aliphatic carbocycles. The van der Waals surface area contributed by atoms with Crippen LogP contribution in [0.2, 0.25) is 0 Å². The Hall–Kier alpha value is -0.930. The lowest BCUT2D eigenvalue weighted by molar-refractivity contribution is 0.222. The molecule has 0 saturated carbocycles. The molecule has 102 valence electrons. The van der Waals surface area contributed by atoms with Crippen molar-refractivity contribution in [2.75, 3.05) is 0 Å². The molecule has 0 aromatic heterocycles. The third-order valence-corrected chi connectivity index (χ3v) is 3.75. The number of halogens is 1. The lowest BCUT2D eigenvalue weighted by Crippen LogP contribution is -2.39. The highest BCUT2D eigenvalue weighted by Crippen LogP contribution is 2.29. The van der Waals surface area contributed by atoms with Crippen LogP contribution in [0.25, 0.3) is 0 Å². The zero-order valence-corrected chi connectivity index (χ0v) is 11.8. The first kappa shape index (κ1) is 15.1. The van der Waals surface area contributed by atoms with Crippen LogP contribution in [0.1, 0.15) is 39.7 Å². The fourth-order valence-corrected chi connectivity index (χ4v) is 1.90. The summed E-state index contributed by atoms with van der Waals surface area (Å²) in [5.74, 6) is 5.99. The minimum absolute atomic E-state index is 0.195. The molecule has 0 fully saturated rings. The Balaban J connectivity index is 2.59. The molecule has 1 rings (SSSR count). The number of rotatable bonds is 5. The van der Waals surface area contributed by atoms with E-state index in [1.54, 1.807) is 0 Å². The minimum Gasteiger partial charge on any atom is -0.271 e. The fraction of sp³-hybridized carbons (Fsp3) is 0.600. The molecule has 3 heteroatoms. The Morgan fingerprint density at radius 2 is 1.78 bits per heavy atom. The Labute approximate surface area is 110 Å². The lowest BCUT2D eigenvalue weighted by atomic mass is 9.78. The summed E-state index contributed by atoms with van der Waals surface area (Å²) < 4.78 is 12.8. The smallest absolute Gasteiger partial charge is 0.123 e. The third-order valence-electron chi connectivity index (χ3n) is 3.75. The summed E-state index contributed by atoms with van der Waals surface area (Å²) in [5, 5.41) is 0. The second-order valence-corrected chi connectivity index (χ2v) is 6.20. The molecule has 0 spiro atoms. The van der Waals surface area contributed by atoms with Crippen molar-refractivity contribution in [2.45, 2.75) is 46.6 Å². The molecule has 2 nitrogen and oxygen atoms in total. The van der Waals surface area contributed by atoms with E-state index in [4.69, 9.17) is 5.84 Å². The van der Waals surface area contributed by atoms with E-state index in [0.717, 1.165) is 18.4 Å². The maximum atomic E-state index is 12.8. The van der Waals surface area contributed by atoms with Crippen LogP contribution in [0.3, 0.4) is 0 Å². The van der Waals surface area contributed by atoms with Gasteiger partial charge < -0.3 is 0 Å². The van der Waals surface area contributed by atoms with Gasteiger partial charge in [0.2, 0.25) is 0 Å². The Morgan fingerprint density at radius 3 is 2.22 bits per heavy atom. The van der Waals surface area contributed by atoms with Crippen LogP contribution in [-0.4, -0.2) is 6.04 Å². The van der Waals surface area contributed by atoms with Crippen LogP contribution in [-0.2, 0) is 6.42 Å². The zero-order chi connectivity index (χ0) is 13.8. The summed E-state index contributed by atoms with van der Waals surface area (Å²) in [6.45, 7) is 8.96. The molecule has 0 radical (unpaired) electrons. The van der Waals surface area contributed by atoms with Gasteiger partial charge in [0.05, 0.1) is 0 Å². The largest absolute Gasteiger partial charge is 0.271 e. The van der Waals surface area contributed by atoms with E-state index >= 15 is 0 Å². The van der Waals surface area contributed by atoms with E-state index in [1.165, 1.54) is 12.1 Å². The molecule has 1 aromatic carbocycles. The predicted octanol–water partition coefficient (Wildman–Crippen LogP) is 3.27. The highest BCUT2D eigenvalue weighted by atomic mass is 19.1. The van der Waals surface area contributed by atoms with Gasteiger partial charge in [0.1, 0.15) is 5.82 Å². The lowest BCUT2D eigenvalue weighted by Gasteiger charge is -2.30. The molecule has 0 bridgehead atoms. The van der Waals surface area contributed by atoms with E-state index in [2.05, 4.69) is 33.1 Å². The van der Waals surface area contributed by atoms with Gasteiger partial charge in [-0.15, -0.1) is 0 Å². The zero-order valence-electron chi connectivity index (χ0n) is 11.8. The van der Waals surface area contributed by atoms with Gasteiger partial charge in [0, 0.05) is 6.04 Å². The molecule has 0 aliphatic heterocycles. The fourth-order valence-electron chi connectivity index (χ4n) is 1.90. The van der Waals surface area contributed by atoms with Gasteiger partial charge in [-0.1, -0.05) is 39.8 Å². The van der Waals surface area contributed by atoms with E-state index in [0.29, 0.717) is 5.92 Å². The monoisotopic (exact) mass is 252 g/mol. The second-order valence-electron chi connectivity index (χ2n) is 6.20. The number of benzene rings is 1. The summed E-state index contributed by atoms with van der Waals surface area (Å²) in [6, 6.07) is 6.86. The predicted molar refractivity (Wildman–Crippen MR) is 74.5 cm³/mol. The molecule has 18 heavy (non-hydrogen) atoms. The van der Waals surface area contributed by atoms with Gasteiger partial charge in [0.15, 0.2) is 0 Å². The van der Waals surface area contributed by atoms with Crippen molar-refractivity contribution in [3.63, 3.8) is 0 Å². The maximum Gasteiger partial charge on any atom is 0.123 e. The highest BCUT2D eigenvalue weighted by Gasteiger charge is 2.23. The molecule has 3 N–H and O–H groups in total. The topological polar surface area (TPSA) is 38.0 Å². The molecular weight excluding hydrogens is 227 g/mol. The SMILES string of the molecule is CC(CC(Cc1ccc(F)cc1)NN)C(C)(C)C. The number of nitrogens with two attached hydrogens (primary N) is 1. The van der Waals surface area contributed by atoms with Gasteiger partial charge in [-0.05, 0) is 41.9 Å². The van der Waals surface area contributed by atoms with Gasteiger partial charge in [-0.25, -0.2) is 4.39 Å². The molecule has 2 unspecified atom stereocenters. The van der Waals surface area contributed by atoms with Gasteiger partial charge in [0.25, 0.3) is 0 Å². The molecule has 0 saturated heterocycles. The first-order valence-corrected chi connectivity index (χ1v) is 6.53. The first-order chi connectivity index (χ1) is 8.32. The summed E-state index contributed by atoms with van der Waals surface area (Å²) in [4.78, 5) is 0. The number of hydrogen-bond acceptors (Lipinski definition) is 2. The second kappa shape index (κ2) is 6.30. The highest BCUT2D eigenvalue weighted by molar-refractivity contribution is 5.17. The Kier molecular flexibility index (Phi) is 5.29. The van der Waals surface area contributed by atoms with Crippen molar-refractivity contribution in [3.05, 3.63) is 35.6 Å². The molecule has 0 amide bonds. The van der Waals surface area contributed by atoms with Gasteiger partial charge >= 0.3 is 0 Å². The summed E-state index contributed by atoms with van der Waals surface area (Å²) in [7, 11) is 0. The number of nitrogens with one attached hydrogen (secondary N) is 1. The van der Waals surface area contributed by atoms with E-state index in [-0.39, 0.29) is 17.3 Å². The van der Waals surface area contributed by atoms with Crippen LogP contribution in [0.15, 0.2) is 24.3 Å². The maximum absolute atomic E-state index is 12.8. The quantitative estimate of drug-likeness (QED) is 0.623. The summed E-state index contributed by atoms with van der Waals surface area (Å²) in [6.07, 6.45) is 1.84. The van der Waals surface area contributed by atoms with Crippen molar-refractivity contribution in [1.29, 1.82) is 0 Å². The molecule has 1 aromatic rings. The summed E-state index contributed by atoms with van der Waals surface area (Å²) in [5.41, 5.74) is 4.26. The molecule has 0 aliphatic rings. The average molecular weight is 252 g/mol. The molecular formula is C15H25FN2. The number of hydrogen-bond donors (Lipinski definition) is 2. The van der Waals surface area contributed by atoms with Crippen LogP contribution < -0.4 is 11.3 Å². The van der Waals surface area contributed by atoms with Crippen LogP contribution >= 0.6 is 0 Å². The van der Waals surface area contributed by atoms with Crippen molar-refractivity contribution >= 4 is 0 Å². The van der Waals surface area contributed by atoms with E-state index < -0.39 is 0 Å². The standard InChI is InChI=1S/C15H25FN2/c1-11(15(2,3)4)9-14(18-17)10-12-5-7-13(16)8-6-12/h5-8,11,14,18H,9-10,17H2,1-4H3. The van der Waals surface area contributed by atoms with Crippen LogP contribution in [0.5, 0.6) is 0 Å². The van der Waals surface area contributed by atoms with Gasteiger partial charge in [-0.2, -0.15) is 0 Å². The summed E-state index contributed by atoms with van der Waals surface area (Å²) >= 11 is 0. The normalized spacial score (nSPS) is 15.4. The van der Waals surface area contributed by atoms with Crippen LogP contribution in [0, 0.1) is 17.2 Å². The number of hydrazine groups is 1. The van der Waals surface area contributed by atoms with Crippen molar-refractivity contribution in [3.8, 4) is 0 Å².